The van der Waals surface area contributed by atoms with Crippen molar-refractivity contribution in [2.75, 3.05) is 32.1 Å². The first kappa shape index (κ1) is 17.4. The van der Waals surface area contributed by atoms with E-state index in [0.717, 1.165) is 42.5 Å². The molecule has 0 radical (unpaired) electrons. The van der Waals surface area contributed by atoms with Crippen LogP contribution < -0.4 is 10.6 Å². The van der Waals surface area contributed by atoms with Gasteiger partial charge in [-0.3, -0.25) is 4.99 Å². The lowest BCUT2D eigenvalue weighted by molar-refractivity contribution is 0.572. The van der Waals surface area contributed by atoms with Crippen LogP contribution in [0.25, 0.3) is 11.5 Å². The SMILES string of the molecule is CN=C(NCCSC)NCCc1coc(-c2ccc(C)cc2)n1. The van der Waals surface area contributed by atoms with Crippen LogP contribution in [0.1, 0.15) is 11.3 Å². The average molecular weight is 332 g/mol. The van der Waals surface area contributed by atoms with Crippen LogP contribution in [0.3, 0.4) is 0 Å². The number of aromatic nitrogens is 1. The first-order valence-corrected chi connectivity index (χ1v) is 9.07. The molecule has 0 aliphatic heterocycles. The van der Waals surface area contributed by atoms with E-state index >= 15 is 0 Å². The summed E-state index contributed by atoms with van der Waals surface area (Å²) in [5.41, 5.74) is 3.17. The van der Waals surface area contributed by atoms with Crippen LogP contribution in [0.2, 0.25) is 0 Å². The van der Waals surface area contributed by atoms with Crippen LogP contribution in [0.15, 0.2) is 39.9 Å². The van der Waals surface area contributed by atoms with Gasteiger partial charge in [-0.1, -0.05) is 17.7 Å². The Morgan fingerprint density at radius 2 is 1.96 bits per heavy atom. The van der Waals surface area contributed by atoms with Crippen LogP contribution in [0.5, 0.6) is 0 Å². The van der Waals surface area contributed by atoms with Crippen LogP contribution in [0, 0.1) is 6.92 Å². The molecule has 1 aromatic carbocycles. The average Bonchev–Trinajstić information content (AvgIpc) is 3.03. The highest BCUT2D eigenvalue weighted by atomic mass is 32.2. The van der Waals surface area contributed by atoms with Crippen LogP contribution in [-0.4, -0.2) is 43.1 Å². The zero-order chi connectivity index (χ0) is 16.5. The lowest BCUT2D eigenvalue weighted by atomic mass is 10.1. The summed E-state index contributed by atoms with van der Waals surface area (Å²) in [6, 6.07) is 8.18. The minimum atomic E-state index is 0.669. The summed E-state index contributed by atoms with van der Waals surface area (Å²) in [6.07, 6.45) is 4.60. The topological polar surface area (TPSA) is 62.5 Å². The zero-order valence-corrected chi connectivity index (χ0v) is 14.7. The van der Waals surface area contributed by atoms with E-state index in [1.54, 1.807) is 13.3 Å². The monoisotopic (exact) mass is 332 g/mol. The molecule has 124 valence electrons. The molecule has 2 rings (SSSR count). The predicted octanol–water partition coefficient (Wildman–Crippen LogP) is 2.72. The third kappa shape index (κ3) is 5.63. The Bertz CT molecular complexity index is 622. The summed E-state index contributed by atoms with van der Waals surface area (Å²) in [5, 5.41) is 6.55. The molecule has 23 heavy (non-hydrogen) atoms. The first-order chi connectivity index (χ1) is 11.2. The maximum atomic E-state index is 5.57. The van der Waals surface area contributed by atoms with Crippen molar-refractivity contribution in [3.8, 4) is 11.5 Å². The second-order valence-electron chi connectivity index (χ2n) is 5.18. The van der Waals surface area contributed by atoms with Crippen molar-refractivity contribution in [3.63, 3.8) is 0 Å². The fraction of sp³-hybridized carbons (Fsp3) is 0.412. The molecular weight excluding hydrogens is 308 g/mol. The maximum Gasteiger partial charge on any atom is 0.226 e. The van der Waals surface area contributed by atoms with Gasteiger partial charge in [0.05, 0.1) is 5.69 Å². The molecule has 2 aromatic rings. The van der Waals surface area contributed by atoms with Gasteiger partial charge in [0.25, 0.3) is 0 Å². The fourth-order valence-electron chi connectivity index (χ4n) is 2.05. The number of benzene rings is 1. The van der Waals surface area contributed by atoms with Crippen molar-refractivity contribution in [2.24, 2.45) is 4.99 Å². The molecule has 0 saturated carbocycles. The summed E-state index contributed by atoms with van der Waals surface area (Å²) < 4.78 is 5.57. The number of aliphatic imine (C=N–C) groups is 1. The molecule has 2 N–H and O–H groups in total. The van der Waals surface area contributed by atoms with Gasteiger partial charge in [-0.15, -0.1) is 0 Å². The number of thioether (sulfide) groups is 1. The number of nitrogens with one attached hydrogen (secondary N) is 2. The van der Waals surface area contributed by atoms with Gasteiger partial charge in [0.2, 0.25) is 5.89 Å². The first-order valence-electron chi connectivity index (χ1n) is 7.68. The normalized spacial score (nSPS) is 11.5. The highest BCUT2D eigenvalue weighted by Crippen LogP contribution is 2.19. The van der Waals surface area contributed by atoms with E-state index < -0.39 is 0 Å². The van der Waals surface area contributed by atoms with E-state index in [1.807, 2.05) is 23.9 Å². The van der Waals surface area contributed by atoms with Crippen molar-refractivity contribution >= 4 is 17.7 Å². The molecule has 0 atom stereocenters. The summed E-state index contributed by atoms with van der Waals surface area (Å²) in [7, 11) is 1.78. The zero-order valence-electron chi connectivity index (χ0n) is 13.9. The number of aryl methyl sites for hydroxylation is 1. The Hall–Kier alpha value is -1.95. The maximum absolute atomic E-state index is 5.57. The van der Waals surface area contributed by atoms with Gasteiger partial charge in [0.1, 0.15) is 6.26 Å². The summed E-state index contributed by atoms with van der Waals surface area (Å²) in [4.78, 5) is 8.73. The van der Waals surface area contributed by atoms with Crippen molar-refractivity contribution in [1.29, 1.82) is 0 Å². The van der Waals surface area contributed by atoms with Crippen molar-refractivity contribution in [3.05, 3.63) is 41.8 Å². The third-order valence-corrected chi connectivity index (χ3v) is 3.96. The Labute approximate surface area is 142 Å². The number of oxazole rings is 1. The minimum Gasteiger partial charge on any atom is -0.444 e. The molecule has 0 fully saturated rings. The van der Waals surface area contributed by atoms with Gasteiger partial charge in [-0.25, -0.2) is 4.98 Å². The number of rotatable bonds is 7. The van der Waals surface area contributed by atoms with E-state index in [4.69, 9.17) is 4.42 Å². The van der Waals surface area contributed by atoms with Crippen molar-refractivity contribution in [1.82, 2.24) is 15.6 Å². The Kier molecular flexibility index (Phi) is 7.00. The number of hydrogen-bond acceptors (Lipinski definition) is 4. The molecule has 0 spiro atoms. The summed E-state index contributed by atoms with van der Waals surface area (Å²) in [5.74, 6) is 2.55. The molecule has 1 heterocycles. The number of nitrogens with zero attached hydrogens (tertiary/aromatic N) is 2. The standard InChI is InChI=1S/C17H24N4OS/c1-13-4-6-14(7-5-13)16-21-15(12-22-16)8-9-19-17(18-2)20-10-11-23-3/h4-7,12H,8-11H2,1-3H3,(H2,18,19,20). The van der Waals surface area contributed by atoms with E-state index in [2.05, 4.69) is 45.9 Å². The van der Waals surface area contributed by atoms with Gasteiger partial charge >= 0.3 is 0 Å². The van der Waals surface area contributed by atoms with Gasteiger partial charge < -0.3 is 15.1 Å². The highest BCUT2D eigenvalue weighted by Gasteiger charge is 2.06. The molecule has 0 unspecified atom stereocenters. The van der Waals surface area contributed by atoms with Gasteiger partial charge in [0, 0.05) is 37.9 Å². The highest BCUT2D eigenvalue weighted by molar-refractivity contribution is 7.98. The van der Waals surface area contributed by atoms with E-state index in [1.165, 1.54) is 5.56 Å². The molecule has 0 aliphatic carbocycles. The summed E-state index contributed by atoms with van der Waals surface area (Å²) >= 11 is 1.81. The van der Waals surface area contributed by atoms with Crippen LogP contribution >= 0.6 is 11.8 Å². The smallest absolute Gasteiger partial charge is 0.226 e. The largest absolute Gasteiger partial charge is 0.444 e. The van der Waals surface area contributed by atoms with Gasteiger partial charge in [0.15, 0.2) is 5.96 Å². The Morgan fingerprint density at radius 3 is 2.65 bits per heavy atom. The third-order valence-electron chi connectivity index (χ3n) is 3.35. The molecular formula is C17H24N4OS. The Balaban J connectivity index is 1.81. The molecule has 0 saturated heterocycles. The van der Waals surface area contributed by atoms with E-state index in [-0.39, 0.29) is 0 Å². The fourth-order valence-corrected chi connectivity index (χ4v) is 2.36. The predicted molar refractivity (Wildman–Crippen MR) is 98.1 cm³/mol. The molecule has 0 bridgehead atoms. The van der Waals surface area contributed by atoms with Crippen LogP contribution in [-0.2, 0) is 6.42 Å². The quantitative estimate of drug-likeness (QED) is 0.464. The Morgan fingerprint density at radius 1 is 1.22 bits per heavy atom. The lowest BCUT2D eigenvalue weighted by Gasteiger charge is -2.10. The van der Waals surface area contributed by atoms with Crippen molar-refractivity contribution in [2.45, 2.75) is 13.3 Å². The lowest BCUT2D eigenvalue weighted by Crippen LogP contribution is -2.39. The molecule has 5 nitrogen and oxygen atoms in total. The molecule has 0 aliphatic rings. The number of hydrogen-bond donors (Lipinski definition) is 2. The van der Waals surface area contributed by atoms with E-state index in [9.17, 15) is 0 Å². The van der Waals surface area contributed by atoms with Gasteiger partial charge in [-0.2, -0.15) is 11.8 Å². The van der Waals surface area contributed by atoms with E-state index in [0.29, 0.717) is 5.89 Å². The molecule has 0 amide bonds. The molecule has 6 heteroatoms. The molecule has 1 aromatic heterocycles. The minimum absolute atomic E-state index is 0.669. The van der Waals surface area contributed by atoms with Crippen molar-refractivity contribution < 1.29 is 4.42 Å². The van der Waals surface area contributed by atoms with Gasteiger partial charge in [-0.05, 0) is 25.3 Å². The number of guanidine groups is 1. The second kappa shape index (κ2) is 9.25. The van der Waals surface area contributed by atoms with Crippen LogP contribution in [0.4, 0.5) is 0 Å². The summed E-state index contributed by atoms with van der Waals surface area (Å²) in [6.45, 7) is 3.73. The second-order valence-corrected chi connectivity index (χ2v) is 6.16.